The van der Waals surface area contributed by atoms with Gasteiger partial charge in [-0.05, 0) is 6.07 Å². The number of rotatable bonds is 1. The van der Waals surface area contributed by atoms with E-state index in [9.17, 15) is 0 Å². The predicted molar refractivity (Wildman–Crippen MR) is 42.0 cm³/mol. The number of nitrogens with two attached hydrogens (primary N) is 1. The van der Waals surface area contributed by atoms with Gasteiger partial charge < -0.3 is 10.2 Å². The molecule has 2 heterocycles. The van der Waals surface area contributed by atoms with Crippen molar-refractivity contribution in [3.05, 3.63) is 18.6 Å². The van der Waals surface area contributed by atoms with Crippen molar-refractivity contribution in [2.45, 2.75) is 0 Å². The van der Waals surface area contributed by atoms with Gasteiger partial charge in [-0.2, -0.15) is 0 Å². The molecule has 0 fully saturated rings. The smallest absolute Gasteiger partial charge is 0.203 e. The number of furan rings is 1. The van der Waals surface area contributed by atoms with Crippen molar-refractivity contribution >= 4 is 16.5 Å². The molecule has 0 aromatic carbocycles. The van der Waals surface area contributed by atoms with E-state index in [1.54, 1.807) is 12.5 Å². The number of nitrogens with zero attached hydrogens (tertiary/aromatic N) is 2. The molecule has 2 aromatic heterocycles. The molecule has 0 bridgehead atoms. The maximum atomic E-state index is 5.40. The Bertz CT molecular complexity index is 340. The third-order valence-corrected chi connectivity index (χ3v) is 2.01. The van der Waals surface area contributed by atoms with E-state index < -0.39 is 0 Å². The highest BCUT2D eigenvalue weighted by Gasteiger charge is 2.03. The number of hydrogen-bond acceptors (Lipinski definition) is 5. The lowest BCUT2D eigenvalue weighted by atomic mass is 10.4. The van der Waals surface area contributed by atoms with Crippen molar-refractivity contribution in [2.24, 2.45) is 0 Å². The van der Waals surface area contributed by atoms with Crippen molar-refractivity contribution in [2.75, 3.05) is 5.73 Å². The van der Waals surface area contributed by atoms with Crippen molar-refractivity contribution in [3.8, 4) is 10.6 Å². The summed E-state index contributed by atoms with van der Waals surface area (Å²) >= 11 is 1.34. The van der Waals surface area contributed by atoms with Gasteiger partial charge in [0.2, 0.25) is 5.13 Å². The van der Waals surface area contributed by atoms with Gasteiger partial charge in [-0.15, -0.1) is 10.2 Å². The average molecular weight is 167 g/mol. The van der Waals surface area contributed by atoms with E-state index in [0.29, 0.717) is 5.13 Å². The largest absolute Gasteiger partial charge is 0.472 e. The van der Waals surface area contributed by atoms with Crippen molar-refractivity contribution in [1.82, 2.24) is 10.2 Å². The number of hydrogen-bond donors (Lipinski definition) is 1. The fraction of sp³-hybridized carbons (Fsp3) is 0. The van der Waals surface area contributed by atoms with E-state index >= 15 is 0 Å². The van der Waals surface area contributed by atoms with E-state index in [1.807, 2.05) is 6.07 Å². The van der Waals surface area contributed by atoms with Gasteiger partial charge in [0.1, 0.15) is 6.26 Å². The highest BCUT2D eigenvalue weighted by atomic mass is 32.1. The molecule has 0 radical (unpaired) electrons. The first-order valence-electron chi connectivity index (χ1n) is 2.98. The molecule has 2 N–H and O–H groups in total. The first-order valence-corrected chi connectivity index (χ1v) is 3.79. The van der Waals surface area contributed by atoms with Crippen LogP contribution in [-0.4, -0.2) is 10.2 Å². The molecule has 0 atom stereocenters. The minimum atomic E-state index is 0.473. The van der Waals surface area contributed by atoms with Crippen molar-refractivity contribution in [1.29, 1.82) is 0 Å². The molecule has 0 aliphatic rings. The Labute approximate surface area is 66.7 Å². The second-order valence-corrected chi connectivity index (χ2v) is 2.97. The fourth-order valence-corrected chi connectivity index (χ4v) is 1.33. The molecule has 5 heteroatoms. The number of nitrogen functional groups attached to an aromatic ring is 1. The highest BCUT2D eigenvalue weighted by molar-refractivity contribution is 7.18. The number of aromatic nitrogens is 2. The van der Waals surface area contributed by atoms with Crippen LogP contribution in [0.25, 0.3) is 10.6 Å². The third-order valence-electron chi connectivity index (χ3n) is 1.21. The van der Waals surface area contributed by atoms with Crippen LogP contribution in [0.1, 0.15) is 0 Å². The molecule has 4 nitrogen and oxygen atoms in total. The maximum absolute atomic E-state index is 5.40. The van der Waals surface area contributed by atoms with Crippen LogP contribution in [0.2, 0.25) is 0 Å². The molecule has 0 saturated carbocycles. The SMILES string of the molecule is Nc1nnc(-c2ccoc2)s1. The lowest BCUT2D eigenvalue weighted by molar-refractivity contribution is 0.568. The van der Waals surface area contributed by atoms with E-state index in [0.717, 1.165) is 10.6 Å². The van der Waals surface area contributed by atoms with Gasteiger partial charge >= 0.3 is 0 Å². The van der Waals surface area contributed by atoms with Crippen LogP contribution in [0.3, 0.4) is 0 Å². The Balaban J connectivity index is 2.45. The summed E-state index contributed by atoms with van der Waals surface area (Å²) in [7, 11) is 0. The summed E-state index contributed by atoms with van der Waals surface area (Å²) in [6.07, 6.45) is 3.20. The Hall–Kier alpha value is -1.36. The van der Waals surface area contributed by atoms with E-state index in [2.05, 4.69) is 10.2 Å². The van der Waals surface area contributed by atoms with Gasteiger partial charge in [0.15, 0.2) is 5.01 Å². The first kappa shape index (κ1) is 6.36. The Morgan fingerprint density at radius 3 is 2.91 bits per heavy atom. The monoisotopic (exact) mass is 167 g/mol. The predicted octanol–water partition coefficient (Wildman–Crippen LogP) is 1.38. The van der Waals surface area contributed by atoms with Gasteiger partial charge in [-0.3, -0.25) is 0 Å². The van der Waals surface area contributed by atoms with E-state index in [-0.39, 0.29) is 0 Å². The topological polar surface area (TPSA) is 64.9 Å². The lowest BCUT2D eigenvalue weighted by Crippen LogP contribution is -1.79. The van der Waals surface area contributed by atoms with Gasteiger partial charge in [0, 0.05) is 0 Å². The molecule has 0 unspecified atom stereocenters. The second kappa shape index (κ2) is 2.35. The van der Waals surface area contributed by atoms with Crippen molar-refractivity contribution in [3.63, 3.8) is 0 Å². The normalized spacial score (nSPS) is 10.2. The zero-order chi connectivity index (χ0) is 7.68. The average Bonchev–Trinajstić information content (AvgIpc) is 2.55. The summed E-state index contributed by atoms with van der Waals surface area (Å²) in [5.41, 5.74) is 6.31. The molecule has 11 heavy (non-hydrogen) atoms. The van der Waals surface area contributed by atoms with Crippen LogP contribution in [0.5, 0.6) is 0 Å². The van der Waals surface area contributed by atoms with Crippen LogP contribution in [0, 0.1) is 0 Å². The van der Waals surface area contributed by atoms with Crippen LogP contribution in [0.15, 0.2) is 23.0 Å². The minimum absolute atomic E-state index is 0.473. The molecule has 0 spiro atoms. The summed E-state index contributed by atoms with van der Waals surface area (Å²) < 4.78 is 4.88. The summed E-state index contributed by atoms with van der Waals surface area (Å²) in [4.78, 5) is 0. The molecule has 0 aliphatic carbocycles. The molecular formula is C6H5N3OS. The zero-order valence-corrected chi connectivity index (χ0v) is 6.34. The third kappa shape index (κ3) is 1.10. The minimum Gasteiger partial charge on any atom is -0.472 e. The van der Waals surface area contributed by atoms with Gasteiger partial charge in [0.25, 0.3) is 0 Å². The van der Waals surface area contributed by atoms with Crippen LogP contribution >= 0.6 is 11.3 Å². The van der Waals surface area contributed by atoms with Crippen LogP contribution in [-0.2, 0) is 0 Å². The molecule has 2 rings (SSSR count). The summed E-state index contributed by atoms with van der Waals surface area (Å²) in [5, 5.41) is 8.78. The maximum Gasteiger partial charge on any atom is 0.203 e. The standard InChI is InChI=1S/C6H5N3OS/c7-6-9-8-5(11-6)4-1-2-10-3-4/h1-3H,(H2,7,9). The van der Waals surface area contributed by atoms with Gasteiger partial charge in [0.05, 0.1) is 11.8 Å². The zero-order valence-electron chi connectivity index (χ0n) is 5.52. The molecule has 0 aliphatic heterocycles. The fourth-order valence-electron chi connectivity index (χ4n) is 0.737. The summed E-state index contributed by atoms with van der Waals surface area (Å²) in [6, 6.07) is 1.82. The van der Waals surface area contributed by atoms with Crippen molar-refractivity contribution < 1.29 is 4.42 Å². The second-order valence-electron chi connectivity index (χ2n) is 1.96. The lowest BCUT2D eigenvalue weighted by Gasteiger charge is -1.80. The summed E-state index contributed by atoms with van der Waals surface area (Å²) in [6.45, 7) is 0. The first-order chi connectivity index (χ1) is 5.36. The number of anilines is 1. The summed E-state index contributed by atoms with van der Waals surface area (Å²) in [5.74, 6) is 0. The molecule has 56 valence electrons. The molecule has 0 amide bonds. The Morgan fingerprint density at radius 2 is 2.36 bits per heavy atom. The Morgan fingerprint density at radius 1 is 1.45 bits per heavy atom. The van der Waals surface area contributed by atoms with Crippen LogP contribution in [0.4, 0.5) is 5.13 Å². The quantitative estimate of drug-likeness (QED) is 0.696. The van der Waals surface area contributed by atoms with Crippen LogP contribution < -0.4 is 5.73 Å². The molecular weight excluding hydrogens is 162 g/mol. The highest BCUT2D eigenvalue weighted by Crippen LogP contribution is 2.24. The molecule has 0 saturated heterocycles. The van der Waals surface area contributed by atoms with E-state index in [1.165, 1.54) is 11.3 Å². The van der Waals surface area contributed by atoms with Gasteiger partial charge in [-0.1, -0.05) is 11.3 Å². The Kier molecular flexibility index (Phi) is 1.36. The van der Waals surface area contributed by atoms with Gasteiger partial charge in [-0.25, -0.2) is 0 Å². The molecule has 2 aromatic rings. The van der Waals surface area contributed by atoms with E-state index in [4.69, 9.17) is 10.2 Å².